The molecule has 1 atom stereocenters. The zero-order chi connectivity index (χ0) is 10.6. The van der Waals surface area contributed by atoms with E-state index in [1.807, 2.05) is 0 Å². The van der Waals surface area contributed by atoms with Crippen molar-refractivity contribution in [3.05, 3.63) is 36.4 Å². The van der Waals surface area contributed by atoms with Gasteiger partial charge in [-0.05, 0) is 12.5 Å². The number of benzene rings is 1. The van der Waals surface area contributed by atoms with Crippen molar-refractivity contribution in [2.75, 3.05) is 7.11 Å². The standard InChI is InChI=1S/C11H15NO2/c1-3-4-10(12)9-6-5-8(13)7-11(9)14-2/h3,5-7,10,13H,1,4,12H2,2H3/t10-/m0/s1. The second kappa shape index (κ2) is 4.67. The Morgan fingerprint density at radius 2 is 2.36 bits per heavy atom. The number of nitrogens with two attached hydrogens (primary N) is 1. The molecule has 76 valence electrons. The fourth-order valence-corrected chi connectivity index (χ4v) is 1.31. The van der Waals surface area contributed by atoms with Crippen molar-refractivity contribution in [3.63, 3.8) is 0 Å². The van der Waals surface area contributed by atoms with Gasteiger partial charge in [-0.25, -0.2) is 0 Å². The largest absolute Gasteiger partial charge is 0.508 e. The van der Waals surface area contributed by atoms with Gasteiger partial charge in [0.25, 0.3) is 0 Å². The maximum atomic E-state index is 9.24. The van der Waals surface area contributed by atoms with Crippen LogP contribution in [0.1, 0.15) is 18.0 Å². The normalized spacial score (nSPS) is 12.1. The summed E-state index contributed by atoms with van der Waals surface area (Å²) < 4.78 is 5.12. The summed E-state index contributed by atoms with van der Waals surface area (Å²) in [6.07, 6.45) is 2.44. The summed E-state index contributed by atoms with van der Waals surface area (Å²) in [4.78, 5) is 0. The fourth-order valence-electron chi connectivity index (χ4n) is 1.31. The van der Waals surface area contributed by atoms with E-state index in [-0.39, 0.29) is 11.8 Å². The number of hydrogen-bond donors (Lipinski definition) is 2. The third kappa shape index (κ3) is 2.26. The van der Waals surface area contributed by atoms with Gasteiger partial charge in [0.05, 0.1) is 7.11 Å². The summed E-state index contributed by atoms with van der Waals surface area (Å²) in [5.74, 6) is 0.788. The van der Waals surface area contributed by atoms with E-state index < -0.39 is 0 Å². The average molecular weight is 193 g/mol. The lowest BCUT2D eigenvalue weighted by atomic mass is 10.0. The van der Waals surface area contributed by atoms with Gasteiger partial charge < -0.3 is 15.6 Å². The van der Waals surface area contributed by atoms with Crippen molar-refractivity contribution in [2.24, 2.45) is 5.73 Å². The zero-order valence-corrected chi connectivity index (χ0v) is 8.23. The molecule has 1 aromatic carbocycles. The molecular formula is C11H15NO2. The number of aromatic hydroxyl groups is 1. The van der Waals surface area contributed by atoms with Gasteiger partial charge in [0.2, 0.25) is 0 Å². The van der Waals surface area contributed by atoms with Crippen LogP contribution in [0.15, 0.2) is 30.9 Å². The molecule has 0 aliphatic heterocycles. The predicted molar refractivity (Wildman–Crippen MR) is 56.4 cm³/mol. The molecule has 0 aromatic heterocycles. The SMILES string of the molecule is C=CC[C@H](N)c1ccc(O)cc1OC. The highest BCUT2D eigenvalue weighted by Gasteiger charge is 2.10. The van der Waals surface area contributed by atoms with Crippen molar-refractivity contribution in [2.45, 2.75) is 12.5 Å². The van der Waals surface area contributed by atoms with Crippen molar-refractivity contribution in [1.82, 2.24) is 0 Å². The van der Waals surface area contributed by atoms with Crippen LogP contribution in [-0.2, 0) is 0 Å². The Morgan fingerprint density at radius 1 is 1.64 bits per heavy atom. The maximum absolute atomic E-state index is 9.24. The Morgan fingerprint density at radius 3 is 2.93 bits per heavy atom. The molecule has 0 fully saturated rings. The lowest BCUT2D eigenvalue weighted by Gasteiger charge is -2.14. The van der Waals surface area contributed by atoms with Gasteiger partial charge >= 0.3 is 0 Å². The summed E-state index contributed by atoms with van der Waals surface area (Å²) >= 11 is 0. The van der Waals surface area contributed by atoms with Gasteiger partial charge in [0.15, 0.2) is 0 Å². The van der Waals surface area contributed by atoms with E-state index in [1.54, 1.807) is 31.4 Å². The summed E-state index contributed by atoms with van der Waals surface area (Å²) in [6, 6.07) is 4.78. The molecule has 14 heavy (non-hydrogen) atoms. The van der Waals surface area contributed by atoms with Crippen molar-refractivity contribution in [1.29, 1.82) is 0 Å². The van der Waals surface area contributed by atoms with Gasteiger partial charge in [-0.1, -0.05) is 12.1 Å². The van der Waals surface area contributed by atoms with E-state index >= 15 is 0 Å². The van der Waals surface area contributed by atoms with Crippen molar-refractivity contribution >= 4 is 0 Å². The third-order valence-corrected chi connectivity index (χ3v) is 2.04. The molecule has 3 nitrogen and oxygen atoms in total. The first-order valence-corrected chi connectivity index (χ1v) is 4.42. The summed E-state index contributed by atoms with van der Waals surface area (Å²) in [6.45, 7) is 3.63. The number of phenols is 1. The van der Waals surface area contributed by atoms with Crippen LogP contribution in [0.5, 0.6) is 11.5 Å². The van der Waals surface area contributed by atoms with Crippen LogP contribution in [0, 0.1) is 0 Å². The molecule has 0 saturated heterocycles. The molecule has 3 N–H and O–H groups in total. The topological polar surface area (TPSA) is 55.5 Å². The van der Waals surface area contributed by atoms with Gasteiger partial charge in [0.1, 0.15) is 11.5 Å². The van der Waals surface area contributed by atoms with Crippen LogP contribution in [0.25, 0.3) is 0 Å². The fraction of sp³-hybridized carbons (Fsp3) is 0.273. The molecule has 0 radical (unpaired) electrons. The van der Waals surface area contributed by atoms with E-state index in [1.165, 1.54) is 0 Å². The van der Waals surface area contributed by atoms with Gasteiger partial charge in [-0.3, -0.25) is 0 Å². The third-order valence-electron chi connectivity index (χ3n) is 2.04. The molecule has 0 bridgehead atoms. The summed E-state index contributed by atoms with van der Waals surface area (Å²) in [7, 11) is 1.55. The lowest BCUT2D eigenvalue weighted by Crippen LogP contribution is -2.10. The minimum Gasteiger partial charge on any atom is -0.508 e. The number of ether oxygens (including phenoxy) is 1. The highest BCUT2D eigenvalue weighted by atomic mass is 16.5. The highest BCUT2D eigenvalue weighted by Crippen LogP contribution is 2.29. The first-order valence-electron chi connectivity index (χ1n) is 4.42. The first kappa shape index (κ1) is 10.6. The molecule has 0 saturated carbocycles. The molecule has 0 spiro atoms. The van der Waals surface area contributed by atoms with Crippen LogP contribution in [0.3, 0.4) is 0 Å². The molecular weight excluding hydrogens is 178 g/mol. The van der Waals surface area contributed by atoms with E-state index in [9.17, 15) is 5.11 Å². The van der Waals surface area contributed by atoms with Crippen LogP contribution in [0.2, 0.25) is 0 Å². The highest BCUT2D eigenvalue weighted by molar-refractivity contribution is 5.41. The number of phenolic OH excluding ortho intramolecular Hbond substituents is 1. The summed E-state index contributed by atoms with van der Waals surface area (Å²) in [5.41, 5.74) is 6.78. The maximum Gasteiger partial charge on any atom is 0.127 e. The number of rotatable bonds is 4. The van der Waals surface area contributed by atoms with Crippen molar-refractivity contribution in [3.8, 4) is 11.5 Å². The number of hydrogen-bond acceptors (Lipinski definition) is 3. The number of methoxy groups -OCH3 is 1. The Hall–Kier alpha value is -1.48. The predicted octanol–water partition coefficient (Wildman–Crippen LogP) is 1.98. The van der Waals surface area contributed by atoms with E-state index in [0.29, 0.717) is 12.2 Å². The molecule has 0 unspecified atom stereocenters. The molecule has 0 amide bonds. The average Bonchev–Trinajstić information content (AvgIpc) is 2.17. The van der Waals surface area contributed by atoms with Gasteiger partial charge in [-0.15, -0.1) is 6.58 Å². The first-order chi connectivity index (χ1) is 6.69. The molecule has 3 heteroatoms. The van der Waals surface area contributed by atoms with Crippen molar-refractivity contribution < 1.29 is 9.84 Å². The Balaban J connectivity index is 3.00. The van der Waals surface area contributed by atoms with Crippen LogP contribution >= 0.6 is 0 Å². The second-order valence-corrected chi connectivity index (χ2v) is 3.06. The Labute approximate surface area is 83.8 Å². The van der Waals surface area contributed by atoms with Crippen LogP contribution < -0.4 is 10.5 Å². The molecule has 1 aromatic rings. The molecule has 0 heterocycles. The second-order valence-electron chi connectivity index (χ2n) is 3.06. The minimum absolute atomic E-state index is 0.136. The Bertz CT molecular complexity index is 323. The zero-order valence-electron chi connectivity index (χ0n) is 8.23. The summed E-state index contributed by atoms with van der Waals surface area (Å²) in [5, 5.41) is 9.24. The van der Waals surface area contributed by atoms with Gasteiger partial charge in [-0.2, -0.15) is 0 Å². The van der Waals surface area contributed by atoms with E-state index in [2.05, 4.69) is 6.58 Å². The minimum atomic E-state index is -0.136. The smallest absolute Gasteiger partial charge is 0.127 e. The Kier molecular flexibility index (Phi) is 3.54. The molecule has 0 aliphatic carbocycles. The quantitative estimate of drug-likeness (QED) is 0.719. The van der Waals surface area contributed by atoms with Crippen LogP contribution in [0.4, 0.5) is 0 Å². The van der Waals surface area contributed by atoms with Gasteiger partial charge in [0, 0.05) is 17.7 Å². The van der Waals surface area contributed by atoms with E-state index in [0.717, 1.165) is 5.56 Å². The van der Waals surface area contributed by atoms with Crippen LogP contribution in [-0.4, -0.2) is 12.2 Å². The molecule has 1 rings (SSSR count). The van der Waals surface area contributed by atoms with E-state index in [4.69, 9.17) is 10.5 Å². The lowest BCUT2D eigenvalue weighted by molar-refractivity contribution is 0.399. The monoisotopic (exact) mass is 193 g/mol. The molecule has 0 aliphatic rings.